The molecule has 1 aliphatic heterocycles. The van der Waals surface area contributed by atoms with E-state index in [1.54, 1.807) is 18.2 Å². The van der Waals surface area contributed by atoms with Crippen LogP contribution in [-0.4, -0.2) is 63.2 Å². The molecule has 1 unspecified atom stereocenters. The fourth-order valence-corrected chi connectivity index (χ4v) is 3.54. The van der Waals surface area contributed by atoms with Crippen LogP contribution in [0.5, 0.6) is 11.5 Å². The van der Waals surface area contributed by atoms with Gasteiger partial charge in [0.15, 0.2) is 24.6 Å². The van der Waals surface area contributed by atoms with Crippen molar-refractivity contribution < 1.29 is 24.0 Å². The van der Waals surface area contributed by atoms with Crippen LogP contribution < -0.4 is 19.7 Å². The van der Waals surface area contributed by atoms with Crippen molar-refractivity contribution in [2.24, 2.45) is 0 Å². The molecule has 1 aromatic rings. The third-order valence-corrected chi connectivity index (χ3v) is 4.95. The van der Waals surface area contributed by atoms with E-state index in [0.29, 0.717) is 36.9 Å². The summed E-state index contributed by atoms with van der Waals surface area (Å²) in [6, 6.07) is 5.37. The van der Waals surface area contributed by atoms with Crippen molar-refractivity contribution in [3.8, 4) is 11.5 Å². The summed E-state index contributed by atoms with van der Waals surface area (Å²) in [4.78, 5) is 27.8. The number of hydrogen-bond acceptors (Lipinski definition) is 4. The molecule has 2 N–H and O–H groups in total. The minimum absolute atomic E-state index is 0.130. The van der Waals surface area contributed by atoms with Gasteiger partial charge in [-0.15, -0.1) is 0 Å². The zero-order valence-electron chi connectivity index (χ0n) is 18.1. The Kier molecular flexibility index (Phi) is 9.77. The Morgan fingerprint density at radius 3 is 2.24 bits per heavy atom. The van der Waals surface area contributed by atoms with Gasteiger partial charge in [-0.1, -0.05) is 19.3 Å². The number of carbonyl (C=O) groups excluding carboxylic acids is 2. The van der Waals surface area contributed by atoms with Crippen LogP contribution in [0.1, 0.15) is 46.0 Å². The van der Waals surface area contributed by atoms with Crippen LogP contribution in [0.25, 0.3) is 0 Å². The van der Waals surface area contributed by atoms with Crippen LogP contribution in [-0.2, 0) is 9.59 Å². The van der Waals surface area contributed by atoms with Gasteiger partial charge < -0.3 is 24.6 Å². The molecule has 7 nitrogen and oxygen atoms in total. The molecule has 1 atom stereocenters. The molecular weight excluding hydrogens is 370 g/mol. The van der Waals surface area contributed by atoms with Crippen LogP contribution >= 0.6 is 0 Å². The normalized spacial score (nSPS) is 15.8. The van der Waals surface area contributed by atoms with Crippen molar-refractivity contribution in [2.45, 2.75) is 46.0 Å². The van der Waals surface area contributed by atoms with E-state index in [4.69, 9.17) is 9.47 Å². The molecule has 0 aliphatic carbocycles. The van der Waals surface area contributed by atoms with Crippen molar-refractivity contribution in [3.05, 3.63) is 18.2 Å². The average molecular weight is 407 g/mol. The van der Waals surface area contributed by atoms with Crippen molar-refractivity contribution in [1.29, 1.82) is 0 Å². The molecular formula is C22H36N3O4+. The Morgan fingerprint density at radius 2 is 1.59 bits per heavy atom. The molecule has 7 heteroatoms. The van der Waals surface area contributed by atoms with Crippen LogP contribution in [0, 0.1) is 0 Å². The fraction of sp³-hybridized carbons (Fsp3) is 0.636. The Labute approximate surface area is 174 Å². The smallest absolute Gasteiger partial charge is 0.279 e. The average Bonchev–Trinajstić information content (AvgIpc) is 2.63. The number of rotatable bonds is 9. The number of hydrogen-bond donors (Lipinski definition) is 2. The highest BCUT2D eigenvalue weighted by Crippen LogP contribution is 2.30. The Balaban J connectivity index is 1.85. The summed E-state index contributed by atoms with van der Waals surface area (Å²) in [5.41, 5.74) is 0.657. The number of amides is 2. The number of nitrogens with one attached hydrogen (secondary N) is 2. The predicted molar refractivity (Wildman–Crippen MR) is 114 cm³/mol. The molecule has 1 aliphatic rings. The molecule has 1 aromatic carbocycles. The van der Waals surface area contributed by atoms with Gasteiger partial charge in [0.2, 0.25) is 0 Å². The molecule has 0 bridgehead atoms. The maximum absolute atomic E-state index is 12.6. The molecule has 1 heterocycles. The highest BCUT2D eigenvalue weighted by Gasteiger charge is 2.20. The van der Waals surface area contributed by atoms with Gasteiger partial charge in [-0.05, 0) is 38.8 Å². The summed E-state index contributed by atoms with van der Waals surface area (Å²) in [5, 5.41) is 2.89. The first kappa shape index (κ1) is 23.0. The summed E-state index contributed by atoms with van der Waals surface area (Å²) < 4.78 is 11.1. The van der Waals surface area contributed by atoms with Gasteiger partial charge in [0, 0.05) is 24.8 Å². The van der Waals surface area contributed by atoms with E-state index in [9.17, 15) is 9.59 Å². The molecule has 162 valence electrons. The van der Waals surface area contributed by atoms with Crippen molar-refractivity contribution in [3.63, 3.8) is 0 Å². The number of carbonyl (C=O) groups is 2. The Bertz CT molecular complexity index is 657. The van der Waals surface area contributed by atoms with Gasteiger partial charge in [-0.25, -0.2) is 0 Å². The van der Waals surface area contributed by atoms with Crippen LogP contribution in [0.3, 0.4) is 0 Å². The lowest BCUT2D eigenvalue weighted by atomic mass is 10.1. The molecule has 1 saturated heterocycles. The lowest BCUT2D eigenvalue weighted by molar-refractivity contribution is -0.862. The van der Waals surface area contributed by atoms with E-state index in [2.05, 4.69) is 5.32 Å². The minimum atomic E-state index is -0.130. The molecule has 2 amide bonds. The molecule has 0 saturated carbocycles. The molecule has 0 radical (unpaired) electrons. The maximum Gasteiger partial charge on any atom is 0.279 e. The zero-order valence-corrected chi connectivity index (χ0v) is 18.1. The van der Waals surface area contributed by atoms with Gasteiger partial charge in [0.05, 0.1) is 20.3 Å². The van der Waals surface area contributed by atoms with Crippen LogP contribution in [0.15, 0.2) is 18.2 Å². The second kappa shape index (κ2) is 12.3. The first-order chi connectivity index (χ1) is 14.0. The van der Waals surface area contributed by atoms with Gasteiger partial charge >= 0.3 is 0 Å². The second-order valence-corrected chi connectivity index (χ2v) is 7.53. The molecule has 0 aromatic heterocycles. The Morgan fingerprint density at radius 1 is 0.966 bits per heavy atom. The number of nitrogens with zero attached hydrogens (tertiary/aromatic N) is 1. The lowest BCUT2D eigenvalue weighted by Crippen LogP contribution is -3.11. The number of benzene rings is 1. The van der Waals surface area contributed by atoms with Gasteiger partial charge in [0.1, 0.15) is 0 Å². The zero-order chi connectivity index (χ0) is 21.1. The summed E-state index contributed by atoms with van der Waals surface area (Å²) in [6.07, 6.45) is 5.81. The van der Waals surface area contributed by atoms with E-state index >= 15 is 0 Å². The van der Waals surface area contributed by atoms with E-state index in [0.717, 1.165) is 30.8 Å². The first-order valence-electron chi connectivity index (χ1n) is 10.8. The number of likely N-dealkylation sites (N-methyl/N-ethyl adjacent to an activating group) is 1. The van der Waals surface area contributed by atoms with Gasteiger partial charge in [-0.2, -0.15) is 0 Å². The lowest BCUT2D eigenvalue weighted by Gasteiger charge is -2.25. The van der Waals surface area contributed by atoms with E-state index in [-0.39, 0.29) is 18.4 Å². The largest absolute Gasteiger partial charge is 0.490 e. The van der Waals surface area contributed by atoms with Crippen molar-refractivity contribution in [1.82, 2.24) is 4.90 Å². The Hall–Kier alpha value is -2.28. The standard InChI is InChI=1S/C22H35N3O4/c1-4-28-19-12-11-18(15-20(19)29-5-2)23-21(26)16-24(3)17-22(27)25-13-9-7-6-8-10-14-25/h11-12,15H,4-10,13-14,16-17H2,1-3H3,(H,23,26)/p+1. The monoisotopic (exact) mass is 406 g/mol. The van der Waals surface area contributed by atoms with Crippen LogP contribution in [0.4, 0.5) is 5.69 Å². The number of anilines is 1. The summed E-state index contributed by atoms with van der Waals surface area (Å²) in [5.74, 6) is 1.28. The topological polar surface area (TPSA) is 72.3 Å². The molecule has 2 rings (SSSR count). The second-order valence-electron chi connectivity index (χ2n) is 7.53. The van der Waals surface area contributed by atoms with E-state index in [1.807, 2.05) is 25.8 Å². The highest BCUT2D eigenvalue weighted by atomic mass is 16.5. The first-order valence-corrected chi connectivity index (χ1v) is 10.8. The third-order valence-electron chi connectivity index (χ3n) is 4.95. The number of likely N-dealkylation sites (tertiary alicyclic amines) is 1. The quantitative estimate of drug-likeness (QED) is 0.655. The third kappa shape index (κ3) is 7.93. The van der Waals surface area contributed by atoms with Crippen molar-refractivity contribution in [2.75, 3.05) is 51.8 Å². The van der Waals surface area contributed by atoms with Gasteiger partial charge in [0.25, 0.3) is 11.8 Å². The van der Waals surface area contributed by atoms with Gasteiger partial charge in [-0.3, -0.25) is 9.59 Å². The number of ether oxygens (including phenoxy) is 2. The SMILES string of the molecule is CCOc1ccc(NC(=O)C[NH+](C)CC(=O)N2CCCCCCC2)cc1OCC. The highest BCUT2D eigenvalue weighted by molar-refractivity contribution is 5.92. The van der Waals surface area contributed by atoms with E-state index < -0.39 is 0 Å². The summed E-state index contributed by atoms with van der Waals surface area (Å²) >= 11 is 0. The van der Waals surface area contributed by atoms with Crippen molar-refractivity contribution >= 4 is 17.5 Å². The maximum atomic E-state index is 12.6. The van der Waals surface area contributed by atoms with Crippen LogP contribution in [0.2, 0.25) is 0 Å². The minimum Gasteiger partial charge on any atom is -0.490 e. The number of quaternary nitrogens is 1. The molecule has 1 fully saturated rings. The summed E-state index contributed by atoms with van der Waals surface area (Å²) in [7, 11) is 1.88. The van der Waals surface area contributed by atoms with E-state index in [1.165, 1.54) is 19.3 Å². The molecule has 0 spiro atoms. The predicted octanol–water partition coefficient (Wildman–Crippen LogP) is 1.73. The fourth-order valence-electron chi connectivity index (χ4n) is 3.54. The summed E-state index contributed by atoms with van der Waals surface area (Å²) in [6.45, 7) is 7.13. The molecule has 29 heavy (non-hydrogen) atoms.